The normalized spacial score (nSPS) is 11.8. The highest BCUT2D eigenvalue weighted by Crippen LogP contribution is 2.24. The number of aliphatic hydroxyl groups excluding tert-OH is 2. The lowest BCUT2D eigenvalue weighted by atomic mass is 10.3. The first-order valence-electron chi connectivity index (χ1n) is 5.12. The molecule has 0 heterocycles. The molecule has 0 amide bonds. The third kappa shape index (κ3) is 3.33. The van der Waals surface area contributed by atoms with Crippen LogP contribution in [0.4, 0.5) is 5.69 Å². The average molecular weight is 276 g/mol. The second kappa shape index (κ2) is 6.01. The Morgan fingerprint density at radius 3 is 2.44 bits per heavy atom. The van der Waals surface area contributed by atoms with Crippen LogP contribution < -0.4 is 15.2 Å². The SMILES string of the molecule is COc1ccc(S(=O)(=O)NC(CO)CO)cc1N. The molecule has 0 aliphatic heterocycles. The minimum atomic E-state index is -3.84. The minimum absolute atomic E-state index is 0.0623. The first-order chi connectivity index (χ1) is 8.44. The highest BCUT2D eigenvalue weighted by molar-refractivity contribution is 7.89. The van der Waals surface area contributed by atoms with Crippen LogP contribution in [0, 0.1) is 0 Å². The molecule has 102 valence electrons. The summed E-state index contributed by atoms with van der Waals surface area (Å²) in [7, 11) is -2.41. The summed E-state index contributed by atoms with van der Waals surface area (Å²) < 4.78 is 30.8. The molecule has 0 aromatic heterocycles. The van der Waals surface area contributed by atoms with Crippen LogP contribution in [0.25, 0.3) is 0 Å². The van der Waals surface area contributed by atoms with Crippen molar-refractivity contribution in [2.75, 3.05) is 26.1 Å². The Morgan fingerprint density at radius 1 is 1.39 bits per heavy atom. The monoisotopic (exact) mass is 276 g/mol. The standard InChI is InChI=1S/C10H16N2O5S/c1-17-10-3-2-8(4-9(10)11)18(15,16)12-7(5-13)6-14/h2-4,7,12-14H,5-6,11H2,1H3. The molecule has 8 heteroatoms. The molecule has 1 rings (SSSR count). The van der Waals surface area contributed by atoms with Gasteiger partial charge in [-0.25, -0.2) is 13.1 Å². The molecule has 0 unspecified atom stereocenters. The van der Waals surface area contributed by atoms with Crippen molar-refractivity contribution in [2.45, 2.75) is 10.9 Å². The third-order valence-electron chi connectivity index (χ3n) is 2.27. The van der Waals surface area contributed by atoms with Gasteiger partial charge in [0.1, 0.15) is 5.75 Å². The minimum Gasteiger partial charge on any atom is -0.495 e. The van der Waals surface area contributed by atoms with Crippen LogP contribution in [-0.2, 0) is 10.0 Å². The van der Waals surface area contributed by atoms with Crippen LogP contribution >= 0.6 is 0 Å². The number of sulfonamides is 1. The summed E-state index contributed by atoms with van der Waals surface area (Å²) in [5.41, 5.74) is 5.79. The van der Waals surface area contributed by atoms with E-state index in [0.717, 1.165) is 0 Å². The largest absolute Gasteiger partial charge is 0.495 e. The van der Waals surface area contributed by atoms with Gasteiger partial charge in [-0.15, -0.1) is 0 Å². The molecule has 7 nitrogen and oxygen atoms in total. The summed E-state index contributed by atoms with van der Waals surface area (Å²) >= 11 is 0. The molecule has 0 saturated heterocycles. The van der Waals surface area contributed by atoms with E-state index in [-0.39, 0.29) is 10.6 Å². The highest BCUT2D eigenvalue weighted by atomic mass is 32.2. The maximum atomic E-state index is 11.9. The Bertz CT molecular complexity index is 499. The van der Waals surface area contributed by atoms with Crippen molar-refractivity contribution < 1.29 is 23.4 Å². The number of anilines is 1. The smallest absolute Gasteiger partial charge is 0.241 e. The second-order valence-electron chi connectivity index (χ2n) is 3.59. The Balaban J connectivity index is 3.02. The number of aliphatic hydroxyl groups is 2. The van der Waals surface area contributed by atoms with Crippen LogP contribution in [0.5, 0.6) is 5.75 Å². The van der Waals surface area contributed by atoms with Crippen LogP contribution in [0.15, 0.2) is 23.1 Å². The lowest BCUT2D eigenvalue weighted by molar-refractivity contribution is 0.185. The first-order valence-corrected chi connectivity index (χ1v) is 6.60. The van der Waals surface area contributed by atoms with Crippen LogP contribution in [0.2, 0.25) is 0 Å². The highest BCUT2D eigenvalue weighted by Gasteiger charge is 2.20. The number of nitrogens with two attached hydrogens (primary N) is 1. The third-order valence-corrected chi connectivity index (χ3v) is 3.79. The van der Waals surface area contributed by atoms with Gasteiger partial charge in [0.15, 0.2) is 0 Å². The van der Waals surface area contributed by atoms with Gasteiger partial charge in [0, 0.05) is 0 Å². The van der Waals surface area contributed by atoms with Crippen molar-refractivity contribution >= 4 is 15.7 Å². The van der Waals surface area contributed by atoms with E-state index in [1.165, 1.54) is 25.3 Å². The number of hydrogen-bond donors (Lipinski definition) is 4. The maximum absolute atomic E-state index is 11.9. The summed E-state index contributed by atoms with van der Waals surface area (Å²) in [6, 6.07) is 3.05. The molecule has 0 atom stereocenters. The van der Waals surface area contributed by atoms with Crippen molar-refractivity contribution in [1.29, 1.82) is 0 Å². The van der Waals surface area contributed by atoms with E-state index in [1.54, 1.807) is 0 Å². The number of rotatable bonds is 6. The Hall–Kier alpha value is -1.35. The van der Waals surface area contributed by atoms with Crippen LogP contribution in [-0.4, -0.2) is 45.0 Å². The molecule has 0 saturated carbocycles. The number of ether oxygens (including phenoxy) is 1. The lowest BCUT2D eigenvalue weighted by Crippen LogP contribution is -2.40. The predicted molar refractivity (Wildman–Crippen MR) is 65.7 cm³/mol. The first kappa shape index (κ1) is 14.7. The van der Waals surface area contributed by atoms with E-state index in [2.05, 4.69) is 4.72 Å². The Kier molecular flexibility index (Phi) is 4.91. The summed E-state index contributed by atoms with van der Waals surface area (Å²) in [4.78, 5) is -0.0623. The van der Waals surface area contributed by atoms with Crippen molar-refractivity contribution in [2.24, 2.45) is 0 Å². The molecule has 0 fully saturated rings. The van der Waals surface area contributed by atoms with Crippen molar-refractivity contribution in [3.05, 3.63) is 18.2 Å². The van der Waals surface area contributed by atoms with E-state index in [4.69, 9.17) is 20.7 Å². The molecular weight excluding hydrogens is 260 g/mol. The van der Waals surface area contributed by atoms with Crippen molar-refractivity contribution in [3.8, 4) is 5.75 Å². The second-order valence-corrected chi connectivity index (χ2v) is 5.30. The molecule has 0 aliphatic rings. The number of methoxy groups -OCH3 is 1. The fourth-order valence-corrected chi connectivity index (χ4v) is 2.55. The molecule has 18 heavy (non-hydrogen) atoms. The number of nitrogens with one attached hydrogen (secondary N) is 1. The van der Waals surface area contributed by atoms with Gasteiger partial charge in [0.05, 0.1) is 36.9 Å². The Labute approximate surface area is 105 Å². The number of nitrogen functional groups attached to an aromatic ring is 1. The molecule has 1 aromatic carbocycles. The summed E-state index contributed by atoms with van der Waals surface area (Å²) in [5, 5.41) is 17.7. The average Bonchev–Trinajstić information content (AvgIpc) is 2.35. The van der Waals surface area contributed by atoms with Gasteiger partial charge in [0.25, 0.3) is 0 Å². The van der Waals surface area contributed by atoms with E-state index >= 15 is 0 Å². The predicted octanol–water partition coefficient (Wildman–Crippen LogP) is -1.09. The zero-order valence-electron chi connectivity index (χ0n) is 9.83. The zero-order valence-corrected chi connectivity index (χ0v) is 10.6. The van der Waals surface area contributed by atoms with E-state index in [9.17, 15) is 8.42 Å². The van der Waals surface area contributed by atoms with Crippen molar-refractivity contribution in [3.63, 3.8) is 0 Å². The lowest BCUT2D eigenvalue weighted by Gasteiger charge is -2.14. The van der Waals surface area contributed by atoms with Crippen LogP contribution in [0.1, 0.15) is 0 Å². The quantitative estimate of drug-likeness (QED) is 0.490. The zero-order chi connectivity index (χ0) is 13.8. The van der Waals surface area contributed by atoms with Gasteiger partial charge in [-0.1, -0.05) is 0 Å². The Morgan fingerprint density at radius 2 is 2.00 bits per heavy atom. The van der Waals surface area contributed by atoms with Gasteiger partial charge in [-0.05, 0) is 18.2 Å². The molecule has 0 bridgehead atoms. The van der Waals surface area contributed by atoms with E-state index < -0.39 is 29.3 Å². The van der Waals surface area contributed by atoms with Gasteiger partial charge in [-0.3, -0.25) is 0 Å². The van der Waals surface area contributed by atoms with Gasteiger partial charge < -0.3 is 20.7 Å². The summed E-state index contributed by atoms with van der Waals surface area (Å²) in [6.07, 6.45) is 0. The number of benzene rings is 1. The fourth-order valence-electron chi connectivity index (χ4n) is 1.30. The molecule has 0 spiro atoms. The molecule has 5 N–H and O–H groups in total. The van der Waals surface area contributed by atoms with E-state index in [0.29, 0.717) is 5.75 Å². The topological polar surface area (TPSA) is 122 Å². The molecule has 0 aliphatic carbocycles. The summed E-state index contributed by atoms with van der Waals surface area (Å²) in [5.74, 6) is 0.370. The molecule has 1 aromatic rings. The number of hydrogen-bond acceptors (Lipinski definition) is 6. The summed E-state index contributed by atoms with van der Waals surface area (Å²) in [6.45, 7) is -0.997. The van der Waals surface area contributed by atoms with Crippen molar-refractivity contribution in [1.82, 2.24) is 4.72 Å². The van der Waals surface area contributed by atoms with Gasteiger partial charge in [0.2, 0.25) is 10.0 Å². The molecular formula is C10H16N2O5S. The van der Waals surface area contributed by atoms with Gasteiger partial charge in [-0.2, -0.15) is 0 Å². The molecule has 0 radical (unpaired) electrons. The maximum Gasteiger partial charge on any atom is 0.241 e. The van der Waals surface area contributed by atoms with Crippen LogP contribution in [0.3, 0.4) is 0 Å². The fraction of sp³-hybridized carbons (Fsp3) is 0.400. The van der Waals surface area contributed by atoms with E-state index in [1.807, 2.05) is 0 Å². The van der Waals surface area contributed by atoms with Gasteiger partial charge >= 0.3 is 0 Å².